The van der Waals surface area contributed by atoms with Crippen LogP contribution in [-0.4, -0.2) is 17.5 Å². The Morgan fingerprint density at radius 2 is 1.66 bits per heavy atom. The van der Waals surface area contributed by atoms with Gasteiger partial charge >= 0.3 is 0 Å². The summed E-state index contributed by atoms with van der Waals surface area (Å²) in [7, 11) is 0. The average molecular weight is 439 g/mol. The molecule has 0 saturated heterocycles. The van der Waals surface area contributed by atoms with E-state index in [4.69, 9.17) is 0 Å². The van der Waals surface area contributed by atoms with Gasteiger partial charge in [-0.3, -0.25) is 4.90 Å². The van der Waals surface area contributed by atoms with Crippen molar-refractivity contribution in [3.63, 3.8) is 0 Å². The lowest BCUT2D eigenvalue weighted by molar-refractivity contribution is 0.155. The van der Waals surface area contributed by atoms with Crippen molar-refractivity contribution in [2.45, 2.75) is 83.2 Å². The summed E-state index contributed by atoms with van der Waals surface area (Å²) >= 11 is 0. The molecule has 1 aliphatic rings. The van der Waals surface area contributed by atoms with Gasteiger partial charge in [0, 0.05) is 18.2 Å². The van der Waals surface area contributed by atoms with Crippen molar-refractivity contribution in [2.24, 2.45) is 5.92 Å². The molecule has 2 aromatic carbocycles. The predicted octanol–water partition coefficient (Wildman–Crippen LogP) is 7.39. The van der Waals surface area contributed by atoms with Gasteiger partial charge in [-0.25, -0.2) is 8.78 Å². The maximum absolute atomic E-state index is 15.0. The Hall–Kier alpha value is -2.25. The predicted molar refractivity (Wildman–Crippen MR) is 126 cm³/mol. The van der Waals surface area contributed by atoms with Crippen molar-refractivity contribution in [1.82, 2.24) is 4.90 Å². The van der Waals surface area contributed by atoms with Gasteiger partial charge in [0.25, 0.3) is 0 Å². The lowest BCUT2D eigenvalue weighted by atomic mass is 9.63. The first-order valence-corrected chi connectivity index (χ1v) is 12.2. The van der Waals surface area contributed by atoms with E-state index in [-0.39, 0.29) is 17.5 Å². The molecule has 0 heterocycles. The molecule has 1 fully saturated rings. The number of nitriles is 1. The topological polar surface area (TPSA) is 27.0 Å². The van der Waals surface area contributed by atoms with Gasteiger partial charge in [-0.1, -0.05) is 69.5 Å². The monoisotopic (exact) mass is 438 g/mol. The number of nitrogens with zero attached hydrogens (tertiary/aromatic N) is 2. The SMILES string of the molecule is CCC(CCC(C#N)(c1c(F)cccc1F)C1CCCCC1)N(CC)Cc1ccccc1. The van der Waals surface area contributed by atoms with E-state index in [1.54, 1.807) is 0 Å². The van der Waals surface area contributed by atoms with E-state index in [1.807, 2.05) is 6.07 Å². The van der Waals surface area contributed by atoms with Crippen LogP contribution in [0.2, 0.25) is 0 Å². The van der Waals surface area contributed by atoms with E-state index in [2.05, 4.69) is 49.1 Å². The van der Waals surface area contributed by atoms with Crippen molar-refractivity contribution in [2.75, 3.05) is 6.54 Å². The number of hydrogen-bond acceptors (Lipinski definition) is 2. The van der Waals surface area contributed by atoms with Gasteiger partial charge in [0.05, 0.1) is 11.5 Å². The third kappa shape index (κ3) is 5.38. The highest BCUT2D eigenvalue weighted by atomic mass is 19.1. The number of benzene rings is 2. The first-order valence-electron chi connectivity index (χ1n) is 12.2. The van der Waals surface area contributed by atoms with Crippen LogP contribution in [-0.2, 0) is 12.0 Å². The number of hydrogen-bond donors (Lipinski definition) is 0. The largest absolute Gasteiger partial charge is 0.296 e. The summed E-state index contributed by atoms with van der Waals surface area (Å²) in [4.78, 5) is 2.43. The van der Waals surface area contributed by atoms with E-state index in [0.717, 1.165) is 58.0 Å². The molecule has 2 atom stereocenters. The fourth-order valence-corrected chi connectivity index (χ4v) is 5.61. The van der Waals surface area contributed by atoms with E-state index in [0.29, 0.717) is 6.42 Å². The normalized spacial score (nSPS) is 17.6. The van der Waals surface area contributed by atoms with Crippen LogP contribution in [0.4, 0.5) is 8.78 Å². The second kappa shape index (κ2) is 11.6. The zero-order chi connectivity index (χ0) is 23.0. The minimum Gasteiger partial charge on any atom is -0.296 e. The van der Waals surface area contributed by atoms with Crippen LogP contribution in [0.1, 0.15) is 76.3 Å². The molecule has 32 heavy (non-hydrogen) atoms. The Bertz CT molecular complexity index is 866. The second-order valence-corrected chi connectivity index (χ2v) is 9.16. The summed E-state index contributed by atoms with van der Waals surface area (Å²) in [5.74, 6) is -1.17. The van der Waals surface area contributed by atoms with Crippen molar-refractivity contribution in [1.29, 1.82) is 5.26 Å². The van der Waals surface area contributed by atoms with Crippen molar-refractivity contribution < 1.29 is 8.78 Å². The maximum Gasteiger partial charge on any atom is 0.130 e. The average Bonchev–Trinajstić information content (AvgIpc) is 2.83. The lowest BCUT2D eigenvalue weighted by Gasteiger charge is -2.40. The summed E-state index contributed by atoms with van der Waals surface area (Å²) in [6.45, 7) is 6.05. The van der Waals surface area contributed by atoms with Crippen LogP contribution in [0.15, 0.2) is 48.5 Å². The highest BCUT2D eigenvalue weighted by molar-refractivity contribution is 5.36. The standard InChI is InChI=1S/C28H36F2N2/c1-3-24(32(4-2)20-22-12-7-5-8-13-22)18-19-28(21-31,23-14-9-6-10-15-23)27-25(29)16-11-17-26(27)30/h5,7-8,11-13,16-17,23-24H,3-4,6,9-10,14-15,18-20H2,1-2H3. The summed E-state index contributed by atoms with van der Waals surface area (Å²) < 4.78 is 30.0. The van der Waals surface area contributed by atoms with Crippen LogP contribution in [0, 0.1) is 28.9 Å². The minimum atomic E-state index is -1.12. The minimum absolute atomic E-state index is 0.00430. The molecule has 4 heteroatoms. The van der Waals surface area contributed by atoms with E-state index in [9.17, 15) is 5.26 Å². The highest BCUT2D eigenvalue weighted by Gasteiger charge is 2.45. The fourth-order valence-electron chi connectivity index (χ4n) is 5.61. The Morgan fingerprint density at radius 1 is 1.00 bits per heavy atom. The molecule has 172 valence electrons. The molecule has 0 radical (unpaired) electrons. The Balaban J connectivity index is 1.89. The van der Waals surface area contributed by atoms with Gasteiger partial charge in [-0.2, -0.15) is 5.26 Å². The molecule has 3 rings (SSSR count). The lowest BCUT2D eigenvalue weighted by Crippen LogP contribution is -2.40. The molecule has 1 aliphatic carbocycles. The molecule has 2 nitrogen and oxygen atoms in total. The molecule has 0 bridgehead atoms. The van der Waals surface area contributed by atoms with Crippen LogP contribution < -0.4 is 0 Å². The van der Waals surface area contributed by atoms with Gasteiger partial charge < -0.3 is 0 Å². The van der Waals surface area contributed by atoms with Gasteiger partial charge in [0.15, 0.2) is 0 Å². The first-order chi connectivity index (χ1) is 15.6. The van der Waals surface area contributed by atoms with Gasteiger partial charge in [0.2, 0.25) is 0 Å². The van der Waals surface area contributed by atoms with E-state index < -0.39 is 17.0 Å². The molecular weight excluding hydrogens is 402 g/mol. The smallest absolute Gasteiger partial charge is 0.130 e. The Kier molecular flexibility index (Phi) is 8.82. The maximum atomic E-state index is 15.0. The van der Waals surface area contributed by atoms with Gasteiger partial charge in [-0.15, -0.1) is 0 Å². The number of halogens is 2. The van der Waals surface area contributed by atoms with Gasteiger partial charge in [-0.05, 0) is 62.3 Å². The summed E-state index contributed by atoms with van der Waals surface area (Å²) in [5.41, 5.74) is 0.136. The zero-order valence-corrected chi connectivity index (χ0v) is 19.5. The molecule has 0 amide bonds. The molecule has 0 aromatic heterocycles. The summed E-state index contributed by atoms with van der Waals surface area (Å²) in [5, 5.41) is 10.5. The van der Waals surface area contributed by atoms with Crippen LogP contribution in [0.5, 0.6) is 0 Å². The summed E-state index contributed by atoms with van der Waals surface area (Å²) in [6, 6.07) is 17.1. The zero-order valence-electron chi connectivity index (χ0n) is 19.5. The summed E-state index contributed by atoms with van der Waals surface area (Å²) in [6.07, 6.45) is 7.07. The van der Waals surface area contributed by atoms with Crippen molar-refractivity contribution in [3.8, 4) is 6.07 Å². The van der Waals surface area contributed by atoms with Gasteiger partial charge in [0.1, 0.15) is 11.6 Å². The molecule has 1 saturated carbocycles. The molecule has 2 unspecified atom stereocenters. The molecule has 0 N–H and O–H groups in total. The third-order valence-corrected chi connectivity index (χ3v) is 7.40. The highest BCUT2D eigenvalue weighted by Crippen LogP contribution is 2.46. The second-order valence-electron chi connectivity index (χ2n) is 9.16. The molecule has 0 aliphatic heterocycles. The van der Waals surface area contributed by atoms with Crippen LogP contribution >= 0.6 is 0 Å². The van der Waals surface area contributed by atoms with Crippen LogP contribution in [0.25, 0.3) is 0 Å². The Labute approximate surface area is 192 Å². The van der Waals surface area contributed by atoms with Crippen LogP contribution in [0.3, 0.4) is 0 Å². The molecule has 2 aromatic rings. The Morgan fingerprint density at radius 3 is 2.22 bits per heavy atom. The quantitative estimate of drug-likeness (QED) is 0.387. The molecular formula is C28H36F2N2. The van der Waals surface area contributed by atoms with E-state index in [1.165, 1.54) is 23.8 Å². The molecule has 0 spiro atoms. The third-order valence-electron chi connectivity index (χ3n) is 7.40. The van der Waals surface area contributed by atoms with E-state index >= 15 is 8.78 Å². The first kappa shape index (κ1) is 24.4. The van der Waals surface area contributed by atoms with Crippen molar-refractivity contribution in [3.05, 3.63) is 71.3 Å². The fraction of sp³-hybridized carbons (Fsp3) is 0.536. The van der Waals surface area contributed by atoms with Crippen molar-refractivity contribution >= 4 is 0 Å². The number of rotatable bonds is 10.